The predicted octanol–water partition coefficient (Wildman–Crippen LogP) is 2.00. The lowest BCUT2D eigenvalue weighted by Crippen LogP contribution is -2.30. The maximum absolute atomic E-state index is 9.27. The molecule has 0 aliphatic rings. The Hall–Kier alpha value is -1.56. The van der Waals surface area contributed by atoms with Gasteiger partial charge in [-0.2, -0.15) is 11.3 Å². The Labute approximate surface area is 116 Å². The first-order valence-electron chi connectivity index (χ1n) is 6.03. The lowest BCUT2D eigenvalue weighted by atomic mass is 9.79. The fourth-order valence-corrected chi connectivity index (χ4v) is 2.33. The highest BCUT2D eigenvalue weighted by Crippen LogP contribution is 2.16. The largest absolute Gasteiger partial charge is 0.494 e. The fourth-order valence-electron chi connectivity index (χ4n) is 1.70. The zero-order valence-electron chi connectivity index (χ0n) is 10.6. The summed E-state index contributed by atoms with van der Waals surface area (Å²) in [6.45, 7) is 2.43. The van der Waals surface area contributed by atoms with Gasteiger partial charge in [0, 0.05) is 0 Å². The van der Waals surface area contributed by atoms with Gasteiger partial charge in [-0.05, 0) is 52.5 Å². The average Bonchev–Trinajstić information content (AvgIpc) is 2.89. The second kappa shape index (κ2) is 6.56. The summed E-state index contributed by atoms with van der Waals surface area (Å²) in [6, 6.07) is 7.26. The molecule has 0 radical (unpaired) electrons. The molecule has 2 aromatic rings. The van der Waals surface area contributed by atoms with Gasteiger partial charge in [0.2, 0.25) is 0 Å². The van der Waals surface area contributed by atoms with Crippen LogP contribution in [0.25, 0.3) is 12.2 Å². The molecule has 0 bridgehead atoms. The van der Waals surface area contributed by atoms with Gasteiger partial charge in [-0.3, -0.25) is 0 Å². The highest BCUT2D eigenvalue weighted by Gasteiger charge is 2.12. The van der Waals surface area contributed by atoms with Crippen LogP contribution in [0.1, 0.15) is 18.1 Å². The van der Waals surface area contributed by atoms with Crippen molar-refractivity contribution < 1.29 is 14.8 Å². The first kappa shape index (κ1) is 13.9. The van der Waals surface area contributed by atoms with Crippen molar-refractivity contribution in [3.8, 4) is 5.75 Å². The summed E-state index contributed by atoms with van der Waals surface area (Å²) in [5, 5.41) is 22.6. The summed E-state index contributed by atoms with van der Waals surface area (Å²) in [4.78, 5) is 0. The SMILES string of the molecule is CCOc1cc(/C=C/c2ccsc2)cc(B(O)O)c1. The minimum atomic E-state index is -1.49. The first-order chi connectivity index (χ1) is 9.19. The van der Waals surface area contributed by atoms with E-state index in [0.29, 0.717) is 17.8 Å². The molecule has 0 fully saturated rings. The van der Waals surface area contributed by atoms with Gasteiger partial charge in [0.25, 0.3) is 0 Å². The zero-order valence-corrected chi connectivity index (χ0v) is 11.4. The molecule has 0 aliphatic heterocycles. The highest BCUT2D eigenvalue weighted by atomic mass is 32.1. The lowest BCUT2D eigenvalue weighted by molar-refractivity contribution is 0.340. The van der Waals surface area contributed by atoms with Gasteiger partial charge in [0.05, 0.1) is 6.61 Å². The third-order valence-electron chi connectivity index (χ3n) is 2.57. The molecule has 0 atom stereocenters. The lowest BCUT2D eigenvalue weighted by Gasteiger charge is -2.07. The van der Waals surface area contributed by atoms with Crippen LogP contribution in [-0.4, -0.2) is 23.8 Å². The van der Waals surface area contributed by atoms with Gasteiger partial charge in [-0.25, -0.2) is 0 Å². The molecular weight excluding hydrogens is 259 g/mol. The van der Waals surface area contributed by atoms with Crippen LogP contribution in [0.15, 0.2) is 35.0 Å². The number of hydrogen-bond donors (Lipinski definition) is 2. The van der Waals surface area contributed by atoms with E-state index in [1.165, 1.54) is 0 Å². The van der Waals surface area contributed by atoms with Gasteiger partial charge in [-0.1, -0.05) is 18.2 Å². The molecule has 1 heterocycles. The molecule has 0 aliphatic carbocycles. The summed E-state index contributed by atoms with van der Waals surface area (Å²) < 4.78 is 5.42. The van der Waals surface area contributed by atoms with Gasteiger partial charge < -0.3 is 14.8 Å². The summed E-state index contributed by atoms with van der Waals surface area (Å²) in [5.74, 6) is 0.637. The van der Waals surface area contributed by atoms with Crippen molar-refractivity contribution in [2.75, 3.05) is 6.61 Å². The van der Waals surface area contributed by atoms with E-state index in [1.54, 1.807) is 23.5 Å². The van der Waals surface area contributed by atoms with E-state index in [0.717, 1.165) is 11.1 Å². The number of benzene rings is 1. The first-order valence-corrected chi connectivity index (χ1v) is 6.97. The molecule has 19 heavy (non-hydrogen) atoms. The molecule has 1 aromatic carbocycles. The molecular formula is C14H15BO3S. The standard InChI is InChI=1S/C14H15BO3S/c1-2-18-14-8-12(7-13(9-14)15(16)17)4-3-11-5-6-19-10-11/h3-10,16-17H,2H2,1H3/b4-3+. The Kier molecular flexibility index (Phi) is 4.79. The van der Waals surface area contributed by atoms with E-state index in [2.05, 4.69) is 0 Å². The fraction of sp³-hybridized carbons (Fsp3) is 0.143. The number of hydrogen-bond acceptors (Lipinski definition) is 4. The van der Waals surface area contributed by atoms with Crippen molar-refractivity contribution in [1.82, 2.24) is 0 Å². The zero-order chi connectivity index (χ0) is 13.7. The van der Waals surface area contributed by atoms with Crippen molar-refractivity contribution in [3.63, 3.8) is 0 Å². The van der Waals surface area contributed by atoms with Gasteiger partial charge in [0.1, 0.15) is 5.75 Å². The average molecular weight is 274 g/mol. The van der Waals surface area contributed by atoms with Crippen molar-refractivity contribution in [3.05, 3.63) is 46.2 Å². The van der Waals surface area contributed by atoms with Crippen molar-refractivity contribution in [1.29, 1.82) is 0 Å². The second-order valence-corrected chi connectivity index (χ2v) is 4.81. The molecule has 0 saturated heterocycles. The highest BCUT2D eigenvalue weighted by molar-refractivity contribution is 7.08. The van der Waals surface area contributed by atoms with Crippen LogP contribution in [0, 0.1) is 0 Å². The summed E-state index contributed by atoms with van der Waals surface area (Å²) in [5.41, 5.74) is 2.43. The molecule has 0 amide bonds. The van der Waals surface area contributed by atoms with E-state index in [9.17, 15) is 10.0 Å². The number of thiophene rings is 1. The minimum Gasteiger partial charge on any atom is -0.494 e. The van der Waals surface area contributed by atoms with Gasteiger partial charge in [-0.15, -0.1) is 0 Å². The maximum atomic E-state index is 9.27. The third-order valence-corrected chi connectivity index (χ3v) is 3.27. The van der Waals surface area contributed by atoms with E-state index in [4.69, 9.17) is 4.74 Å². The maximum Gasteiger partial charge on any atom is 0.488 e. The van der Waals surface area contributed by atoms with Crippen molar-refractivity contribution >= 4 is 36.1 Å². The topological polar surface area (TPSA) is 49.7 Å². The smallest absolute Gasteiger partial charge is 0.488 e. The van der Waals surface area contributed by atoms with E-state index < -0.39 is 7.12 Å². The van der Waals surface area contributed by atoms with Crippen molar-refractivity contribution in [2.24, 2.45) is 0 Å². The molecule has 1 aromatic heterocycles. The van der Waals surface area contributed by atoms with Gasteiger partial charge >= 0.3 is 7.12 Å². The Bertz CT molecular complexity index is 550. The number of ether oxygens (including phenoxy) is 1. The van der Waals surface area contributed by atoms with E-state index in [-0.39, 0.29) is 0 Å². The Morgan fingerprint density at radius 3 is 2.63 bits per heavy atom. The van der Waals surface area contributed by atoms with Crippen LogP contribution in [-0.2, 0) is 0 Å². The predicted molar refractivity (Wildman–Crippen MR) is 80.7 cm³/mol. The summed E-state index contributed by atoms with van der Waals surface area (Å²) in [7, 11) is -1.49. The van der Waals surface area contributed by atoms with Crippen LogP contribution < -0.4 is 10.2 Å². The molecule has 98 valence electrons. The van der Waals surface area contributed by atoms with Crippen LogP contribution in [0.2, 0.25) is 0 Å². The molecule has 2 N–H and O–H groups in total. The second-order valence-electron chi connectivity index (χ2n) is 4.03. The van der Waals surface area contributed by atoms with Gasteiger partial charge in [0.15, 0.2) is 0 Å². The van der Waals surface area contributed by atoms with E-state index in [1.807, 2.05) is 42.0 Å². The Balaban J connectivity index is 2.28. The minimum absolute atomic E-state index is 0.427. The molecule has 2 rings (SSSR count). The molecule has 0 unspecified atom stereocenters. The quantitative estimate of drug-likeness (QED) is 0.820. The molecule has 5 heteroatoms. The summed E-state index contributed by atoms with van der Waals surface area (Å²) >= 11 is 1.64. The van der Waals surface area contributed by atoms with Crippen LogP contribution in [0.4, 0.5) is 0 Å². The molecule has 0 saturated carbocycles. The molecule has 3 nitrogen and oxygen atoms in total. The van der Waals surface area contributed by atoms with Crippen LogP contribution in [0.3, 0.4) is 0 Å². The third kappa shape index (κ3) is 3.96. The van der Waals surface area contributed by atoms with Crippen LogP contribution >= 0.6 is 11.3 Å². The van der Waals surface area contributed by atoms with E-state index >= 15 is 0 Å². The Morgan fingerprint density at radius 2 is 2.00 bits per heavy atom. The van der Waals surface area contributed by atoms with Crippen LogP contribution in [0.5, 0.6) is 5.75 Å². The monoisotopic (exact) mass is 274 g/mol. The Morgan fingerprint density at radius 1 is 1.21 bits per heavy atom. The number of rotatable bonds is 5. The molecule has 0 spiro atoms. The summed E-state index contributed by atoms with van der Waals surface area (Å²) in [6.07, 6.45) is 3.91. The van der Waals surface area contributed by atoms with Crippen molar-refractivity contribution in [2.45, 2.75) is 6.92 Å². The normalized spacial score (nSPS) is 10.9.